The number of aromatic nitrogens is 2. The maximum atomic E-state index is 5.55. The average molecular weight is 349 g/mol. The summed E-state index contributed by atoms with van der Waals surface area (Å²) in [6.45, 7) is 7.36. The Kier molecular flexibility index (Phi) is 8.54. The molecule has 0 bridgehead atoms. The van der Waals surface area contributed by atoms with Crippen molar-refractivity contribution in [3.8, 4) is 0 Å². The lowest BCUT2D eigenvalue weighted by atomic mass is 10.3. The van der Waals surface area contributed by atoms with Crippen LogP contribution in [0.4, 0.5) is 0 Å². The number of guanidine groups is 1. The molecule has 8 nitrogen and oxygen atoms in total. The van der Waals surface area contributed by atoms with Crippen LogP contribution in [-0.4, -0.2) is 42.3 Å². The van der Waals surface area contributed by atoms with E-state index in [0.717, 1.165) is 44.1 Å². The van der Waals surface area contributed by atoms with Gasteiger partial charge in [-0.05, 0) is 38.8 Å². The third-order valence-electron chi connectivity index (χ3n) is 3.31. The van der Waals surface area contributed by atoms with Gasteiger partial charge in [-0.1, -0.05) is 5.16 Å². The van der Waals surface area contributed by atoms with Crippen molar-refractivity contribution >= 4 is 5.96 Å². The fourth-order valence-electron chi connectivity index (χ4n) is 2.15. The van der Waals surface area contributed by atoms with Crippen molar-refractivity contribution in [2.75, 3.05) is 26.2 Å². The van der Waals surface area contributed by atoms with Crippen LogP contribution in [0.5, 0.6) is 0 Å². The summed E-state index contributed by atoms with van der Waals surface area (Å²) in [4.78, 5) is 8.72. The van der Waals surface area contributed by atoms with Gasteiger partial charge in [0.2, 0.25) is 5.89 Å². The second kappa shape index (κ2) is 11.2. The minimum atomic E-state index is 0.510. The Labute approximate surface area is 148 Å². The number of aliphatic imine (C=N–C) groups is 1. The highest BCUT2D eigenvalue weighted by Crippen LogP contribution is 2.02. The topological polar surface area (TPSA) is 97.7 Å². The standard InChI is InChI=1S/C17H27N5O3/c1-3-18-17(19-9-4-8-16-21-14(2)22-25-16)20-10-6-11-23-13-15-7-5-12-24-15/h5,7,12H,3-4,6,8-11,13H2,1-2H3,(H2,18,19,20). The molecule has 2 rings (SSSR count). The molecule has 2 heterocycles. The van der Waals surface area contributed by atoms with Crippen molar-refractivity contribution in [2.24, 2.45) is 4.99 Å². The molecule has 2 aromatic heterocycles. The predicted molar refractivity (Wildman–Crippen MR) is 94.3 cm³/mol. The zero-order chi connectivity index (χ0) is 17.7. The average Bonchev–Trinajstić information content (AvgIpc) is 3.26. The van der Waals surface area contributed by atoms with Crippen molar-refractivity contribution < 1.29 is 13.7 Å². The molecule has 2 N–H and O–H groups in total. The van der Waals surface area contributed by atoms with Crippen LogP contribution < -0.4 is 10.6 Å². The van der Waals surface area contributed by atoms with Crippen LogP contribution >= 0.6 is 0 Å². The fourth-order valence-corrected chi connectivity index (χ4v) is 2.15. The lowest BCUT2D eigenvalue weighted by Crippen LogP contribution is -2.38. The van der Waals surface area contributed by atoms with Gasteiger partial charge >= 0.3 is 0 Å². The Morgan fingerprint density at radius 2 is 2.24 bits per heavy atom. The van der Waals surface area contributed by atoms with Crippen molar-refractivity contribution in [1.29, 1.82) is 0 Å². The highest BCUT2D eigenvalue weighted by atomic mass is 16.5. The molecular weight excluding hydrogens is 322 g/mol. The lowest BCUT2D eigenvalue weighted by Gasteiger charge is -2.11. The number of rotatable bonds is 11. The van der Waals surface area contributed by atoms with Crippen LogP contribution in [0.15, 0.2) is 32.3 Å². The maximum Gasteiger partial charge on any atom is 0.226 e. The van der Waals surface area contributed by atoms with Gasteiger partial charge in [0, 0.05) is 32.7 Å². The highest BCUT2D eigenvalue weighted by molar-refractivity contribution is 5.79. The molecule has 0 amide bonds. The summed E-state index contributed by atoms with van der Waals surface area (Å²) in [5.41, 5.74) is 0. The molecule has 0 saturated heterocycles. The van der Waals surface area contributed by atoms with E-state index in [1.54, 1.807) is 6.26 Å². The Morgan fingerprint density at radius 3 is 2.96 bits per heavy atom. The van der Waals surface area contributed by atoms with Gasteiger partial charge in [0.15, 0.2) is 11.8 Å². The summed E-state index contributed by atoms with van der Waals surface area (Å²) in [5, 5.41) is 10.3. The Balaban J connectivity index is 1.56. The number of hydrogen-bond donors (Lipinski definition) is 2. The number of furan rings is 1. The predicted octanol–water partition coefficient (Wildman–Crippen LogP) is 2.07. The molecule has 0 radical (unpaired) electrons. The number of nitrogens with zero attached hydrogens (tertiary/aromatic N) is 3. The Morgan fingerprint density at radius 1 is 1.32 bits per heavy atom. The SMILES string of the molecule is CCNC(=NCCCc1nc(C)no1)NCCCOCc1ccco1. The summed E-state index contributed by atoms with van der Waals surface area (Å²) < 4.78 is 15.9. The molecule has 0 aliphatic rings. The highest BCUT2D eigenvalue weighted by Gasteiger charge is 2.02. The van der Waals surface area contributed by atoms with Gasteiger partial charge in [-0.25, -0.2) is 0 Å². The lowest BCUT2D eigenvalue weighted by molar-refractivity contribution is 0.105. The molecule has 0 fully saturated rings. The van der Waals surface area contributed by atoms with Crippen molar-refractivity contribution in [3.05, 3.63) is 35.9 Å². The van der Waals surface area contributed by atoms with Crippen LogP contribution in [-0.2, 0) is 17.8 Å². The van der Waals surface area contributed by atoms with Gasteiger partial charge in [-0.3, -0.25) is 4.99 Å². The number of ether oxygens (including phenoxy) is 1. The first kappa shape index (κ1) is 19.0. The van der Waals surface area contributed by atoms with E-state index in [1.807, 2.05) is 26.0 Å². The van der Waals surface area contributed by atoms with E-state index >= 15 is 0 Å². The van der Waals surface area contributed by atoms with E-state index in [2.05, 4.69) is 25.8 Å². The molecule has 0 aliphatic carbocycles. The second-order valence-electron chi connectivity index (χ2n) is 5.51. The summed E-state index contributed by atoms with van der Waals surface area (Å²) in [6, 6.07) is 3.77. The first-order chi connectivity index (χ1) is 12.3. The van der Waals surface area contributed by atoms with E-state index in [9.17, 15) is 0 Å². The first-order valence-electron chi connectivity index (χ1n) is 8.69. The molecule has 8 heteroatoms. The van der Waals surface area contributed by atoms with Crippen LogP contribution in [0.2, 0.25) is 0 Å². The van der Waals surface area contributed by atoms with E-state index in [4.69, 9.17) is 13.7 Å². The van der Waals surface area contributed by atoms with Gasteiger partial charge in [-0.2, -0.15) is 4.98 Å². The van der Waals surface area contributed by atoms with Gasteiger partial charge in [0.25, 0.3) is 0 Å². The molecule has 0 aliphatic heterocycles. The van der Waals surface area contributed by atoms with Crippen LogP contribution in [0.3, 0.4) is 0 Å². The Bertz CT molecular complexity index is 610. The molecule has 2 aromatic rings. The first-order valence-corrected chi connectivity index (χ1v) is 8.69. The van der Waals surface area contributed by atoms with Gasteiger partial charge in [0.05, 0.1) is 6.26 Å². The molecular formula is C17H27N5O3. The largest absolute Gasteiger partial charge is 0.467 e. The maximum absolute atomic E-state index is 5.55. The van der Waals surface area contributed by atoms with Gasteiger partial charge < -0.3 is 24.3 Å². The minimum absolute atomic E-state index is 0.510. The van der Waals surface area contributed by atoms with Gasteiger partial charge in [0.1, 0.15) is 12.4 Å². The van der Waals surface area contributed by atoms with E-state index in [-0.39, 0.29) is 0 Å². The quantitative estimate of drug-likeness (QED) is 0.364. The molecule has 0 saturated carbocycles. The Hall–Kier alpha value is -2.35. The van der Waals surface area contributed by atoms with Crippen molar-refractivity contribution in [3.63, 3.8) is 0 Å². The van der Waals surface area contributed by atoms with Crippen LogP contribution in [0, 0.1) is 6.92 Å². The molecule has 0 aromatic carbocycles. The minimum Gasteiger partial charge on any atom is -0.467 e. The van der Waals surface area contributed by atoms with E-state index in [0.29, 0.717) is 31.5 Å². The van der Waals surface area contributed by atoms with Crippen molar-refractivity contribution in [1.82, 2.24) is 20.8 Å². The van der Waals surface area contributed by atoms with Crippen LogP contribution in [0.25, 0.3) is 0 Å². The normalized spacial score (nSPS) is 11.7. The smallest absolute Gasteiger partial charge is 0.226 e. The van der Waals surface area contributed by atoms with E-state index in [1.165, 1.54) is 0 Å². The molecule has 138 valence electrons. The zero-order valence-corrected chi connectivity index (χ0v) is 15.0. The number of aryl methyl sites for hydroxylation is 2. The van der Waals surface area contributed by atoms with Crippen molar-refractivity contribution in [2.45, 2.75) is 39.7 Å². The monoisotopic (exact) mass is 349 g/mol. The fraction of sp³-hybridized carbons (Fsp3) is 0.588. The van der Waals surface area contributed by atoms with Gasteiger partial charge in [-0.15, -0.1) is 0 Å². The van der Waals surface area contributed by atoms with E-state index < -0.39 is 0 Å². The summed E-state index contributed by atoms with van der Waals surface area (Å²) >= 11 is 0. The summed E-state index contributed by atoms with van der Waals surface area (Å²) in [5.74, 6) is 3.00. The summed E-state index contributed by atoms with van der Waals surface area (Å²) in [6.07, 6.45) is 4.15. The number of nitrogens with one attached hydrogen (secondary N) is 2. The molecule has 0 unspecified atom stereocenters. The third kappa shape index (κ3) is 7.84. The molecule has 25 heavy (non-hydrogen) atoms. The molecule has 0 atom stereocenters. The number of hydrogen-bond acceptors (Lipinski definition) is 6. The third-order valence-corrected chi connectivity index (χ3v) is 3.31. The second-order valence-corrected chi connectivity index (χ2v) is 5.51. The zero-order valence-electron chi connectivity index (χ0n) is 15.0. The van der Waals surface area contributed by atoms with Crippen LogP contribution in [0.1, 0.15) is 37.2 Å². The molecule has 0 spiro atoms. The summed E-state index contributed by atoms with van der Waals surface area (Å²) in [7, 11) is 0.